The average molecular weight is 354 g/mol. The number of nitrogens with zero attached hydrogens (tertiary/aromatic N) is 2. The number of nitrogens with one attached hydrogen (secondary N) is 2. The number of anilines is 2. The zero-order chi connectivity index (χ0) is 17.1. The number of fused-ring (bicyclic) bond motifs is 1. The molecule has 1 saturated heterocycles. The summed E-state index contributed by atoms with van der Waals surface area (Å²) in [6.07, 6.45) is 4.35. The molecule has 1 aromatic carbocycles. The maximum Gasteiger partial charge on any atom is 0.170 e. The topological polar surface area (TPSA) is 49.4 Å². The number of rotatable bonds is 4. The Morgan fingerprint density at radius 1 is 1.20 bits per heavy atom. The summed E-state index contributed by atoms with van der Waals surface area (Å²) >= 11 is 5.34. The molecule has 2 N–H and O–H groups in total. The molecule has 1 aromatic heterocycles. The van der Waals surface area contributed by atoms with Gasteiger partial charge in [0.25, 0.3) is 0 Å². The van der Waals surface area contributed by atoms with Gasteiger partial charge in [-0.3, -0.25) is 0 Å². The molecule has 0 bridgehead atoms. The van der Waals surface area contributed by atoms with Gasteiger partial charge in [-0.15, -0.1) is 0 Å². The van der Waals surface area contributed by atoms with Gasteiger partial charge in [-0.25, -0.2) is 4.98 Å². The van der Waals surface area contributed by atoms with Crippen LogP contribution in [0.5, 0.6) is 0 Å². The fourth-order valence-electron chi connectivity index (χ4n) is 3.33. The maximum absolute atomic E-state index is 5.59. The largest absolute Gasteiger partial charge is 0.376 e. The maximum atomic E-state index is 5.59. The Morgan fingerprint density at radius 2 is 2.00 bits per heavy atom. The van der Waals surface area contributed by atoms with Crippen molar-refractivity contribution >= 4 is 28.8 Å². The first-order valence-electron chi connectivity index (χ1n) is 8.72. The van der Waals surface area contributed by atoms with E-state index in [4.69, 9.17) is 17.0 Å². The van der Waals surface area contributed by atoms with E-state index in [1.54, 1.807) is 0 Å². The van der Waals surface area contributed by atoms with Crippen LogP contribution in [0.4, 0.5) is 11.5 Å². The number of thiocarbonyl (C=S) groups is 1. The van der Waals surface area contributed by atoms with Crippen LogP contribution in [0.1, 0.15) is 24.0 Å². The van der Waals surface area contributed by atoms with Crippen LogP contribution in [0.2, 0.25) is 0 Å². The molecule has 5 nitrogen and oxygen atoms in total. The summed E-state index contributed by atoms with van der Waals surface area (Å²) in [4.78, 5) is 6.87. The molecule has 130 valence electrons. The molecule has 0 spiro atoms. The number of hydrogen-bond acceptors (Lipinski definition) is 4. The first kappa shape index (κ1) is 16.3. The summed E-state index contributed by atoms with van der Waals surface area (Å²) < 4.78 is 5.59. The zero-order valence-electron chi connectivity index (χ0n) is 14.1. The van der Waals surface area contributed by atoms with E-state index in [1.165, 1.54) is 11.1 Å². The van der Waals surface area contributed by atoms with Gasteiger partial charge in [-0.2, -0.15) is 0 Å². The SMILES string of the molecule is S=C(NC[C@@H]1CCCO1)Nc1ccc(N2Cc3ccccc3C2)nc1. The molecule has 0 unspecified atom stereocenters. The third-order valence-electron chi connectivity index (χ3n) is 4.68. The van der Waals surface area contributed by atoms with Gasteiger partial charge in [0.15, 0.2) is 5.11 Å². The highest BCUT2D eigenvalue weighted by Gasteiger charge is 2.19. The van der Waals surface area contributed by atoms with Crippen LogP contribution in [0.3, 0.4) is 0 Å². The van der Waals surface area contributed by atoms with Crippen molar-refractivity contribution < 1.29 is 4.74 Å². The first-order valence-corrected chi connectivity index (χ1v) is 9.13. The van der Waals surface area contributed by atoms with Gasteiger partial charge in [0.1, 0.15) is 5.82 Å². The van der Waals surface area contributed by atoms with Crippen LogP contribution < -0.4 is 15.5 Å². The van der Waals surface area contributed by atoms with Crippen molar-refractivity contribution in [2.45, 2.75) is 32.0 Å². The lowest BCUT2D eigenvalue weighted by molar-refractivity contribution is 0.114. The third kappa shape index (κ3) is 3.91. The Morgan fingerprint density at radius 3 is 2.64 bits per heavy atom. The summed E-state index contributed by atoms with van der Waals surface area (Å²) in [6.45, 7) is 3.44. The van der Waals surface area contributed by atoms with Crippen molar-refractivity contribution in [1.82, 2.24) is 10.3 Å². The van der Waals surface area contributed by atoms with Crippen molar-refractivity contribution in [2.24, 2.45) is 0 Å². The van der Waals surface area contributed by atoms with Crippen molar-refractivity contribution in [1.29, 1.82) is 0 Å². The van der Waals surface area contributed by atoms with Crippen molar-refractivity contribution in [3.63, 3.8) is 0 Å². The second-order valence-electron chi connectivity index (χ2n) is 6.50. The lowest BCUT2D eigenvalue weighted by Gasteiger charge is -2.17. The Bertz CT molecular complexity index is 718. The van der Waals surface area contributed by atoms with Crippen molar-refractivity contribution in [3.05, 3.63) is 53.7 Å². The minimum atomic E-state index is 0.275. The molecule has 6 heteroatoms. The fraction of sp³-hybridized carbons (Fsp3) is 0.368. The zero-order valence-corrected chi connectivity index (χ0v) is 14.9. The summed E-state index contributed by atoms with van der Waals surface area (Å²) in [7, 11) is 0. The second kappa shape index (κ2) is 7.37. The van der Waals surface area contributed by atoms with E-state index in [9.17, 15) is 0 Å². The van der Waals surface area contributed by atoms with E-state index in [2.05, 4.69) is 44.8 Å². The Kier molecular flexibility index (Phi) is 4.81. The van der Waals surface area contributed by atoms with Crippen LogP contribution in [-0.2, 0) is 17.8 Å². The highest BCUT2D eigenvalue weighted by molar-refractivity contribution is 7.80. The molecule has 0 aliphatic carbocycles. The van der Waals surface area contributed by atoms with Crippen LogP contribution in [-0.4, -0.2) is 29.4 Å². The molecule has 0 radical (unpaired) electrons. The van der Waals surface area contributed by atoms with Crippen LogP contribution in [0.15, 0.2) is 42.6 Å². The highest BCUT2D eigenvalue weighted by atomic mass is 32.1. The van der Waals surface area contributed by atoms with E-state index >= 15 is 0 Å². The molecule has 25 heavy (non-hydrogen) atoms. The summed E-state index contributed by atoms with van der Waals surface area (Å²) in [5.74, 6) is 0.986. The monoisotopic (exact) mass is 354 g/mol. The summed E-state index contributed by atoms with van der Waals surface area (Å²) in [5.41, 5.74) is 3.65. The van der Waals surface area contributed by atoms with Gasteiger partial charge in [-0.1, -0.05) is 24.3 Å². The van der Waals surface area contributed by atoms with E-state index in [0.717, 1.165) is 50.6 Å². The van der Waals surface area contributed by atoms with Gasteiger partial charge < -0.3 is 20.3 Å². The third-order valence-corrected chi connectivity index (χ3v) is 4.93. The Hall–Kier alpha value is -2.18. The minimum absolute atomic E-state index is 0.275. The molecule has 3 heterocycles. The minimum Gasteiger partial charge on any atom is -0.376 e. The van der Waals surface area contributed by atoms with Gasteiger partial charge in [0, 0.05) is 26.2 Å². The molecule has 2 aliphatic rings. The van der Waals surface area contributed by atoms with Crippen LogP contribution in [0.25, 0.3) is 0 Å². The fourth-order valence-corrected chi connectivity index (χ4v) is 3.53. The summed E-state index contributed by atoms with van der Waals surface area (Å²) in [6, 6.07) is 12.6. The molecular weight excluding hydrogens is 332 g/mol. The molecule has 4 rings (SSSR count). The number of aromatic nitrogens is 1. The number of ether oxygens (including phenoxy) is 1. The standard InChI is InChI=1S/C19H22N4OS/c25-19(21-11-17-6-3-9-24-17)22-16-7-8-18(20-10-16)23-12-14-4-1-2-5-15(14)13-23/h1-2,4-5,7-8,10,17H,3,6,9,11-13H2,(H2,21,22,25)/t17-/m0/s1. The molecule has 2 aromatic rings. The molecule has 1 fully saturated rings. The molecule has 1 atom stereocenters. The molecule has 0 amide bonds. The number of hydrogen-bond donors (Lipinski definition) is 2. The quantitative estimate of drug-likeness (QED) is 0.823. The van der Waals surface area contributed by atoms with Crippen molar-refractivity contribution in [2.75, 3.05) is 23.4 Å². The van der Waals surface area contributed by atoms with Crippen molar-refractivity contribution in [3.8, 4) is 0 Å². The summed E-state index contributed by atoms with van der Waals surface area (Å²) in [5, 5.41) is 7.01. The number of benzene rings is 1. The molecule has 0 saturated carbocycles. The van der Waals surface area contributed by atoms with Crippen LogP contribution >= 0.6 is 12.2 Å². The van der Waals surface area contributed by atoms with Gasteiger partial charge in [0.05, 0.1) is 18.0 Å². The Labute approximate surface area is 153 Å². The normalized spacial score (nSPS) is 18.9. The van der Waals surface area contributed by atoms with Gasteiger partial charge in [-0.05, 0) is 48.3 Å². The Balaban J connectivity index is 1.31. The first-order chi connectivity index (χ1) is 12.3. The van der Waals surface area contributed by atoms with E-state index in [0.29, 0.717) is 5.11 Å². The second-order valence-corrected chi connectivity index (χ2v) is 6.91. The average Bonchev–Trinajstić information content (AvgIpc) is 3.30. The van der Waals surface area contributed by atoms with Crippen LogP contribution in [0, 0.1) is 0 Å². The van der Waals surface area contributed by atoms with Gasteiger partial charge >= 0.3 is 0 Å². The van der Waals surface area contributed by atoms with Gasteiger partial charge in [0.2, 0.25) is 0 Å². The molecule has 2 aliphatic heterocycles. The van der Waals surface area contributed by atoms with E-state index in [-0.39, 0.29) is 6.10 Å². The predicted molar refractivity (Wildman–Crippen MR) is 104 cm³/mol. The smallest absolute Gasteiger partial charge is 0.170 e. The number of pyridine rings is 1. The highest BCUT2D eigenvalue weighted by Crippen LogP contribution is 2.27. The molecular formula is C19H22N4OS. The lowest BCUT2D eigenvalue weighted by Crippen LogP contribution is -2.34. The van der Waals surface area contributed by atoms with E-state index < -0.39 is 0 Å². The van der Waals surface area contributed by atoms with E-state index in [1.807, 2.05) is 18.3 Å². The lowest BCUT2D eigenvalue weighted by atomic mass is 10.1. The predicted octanol–water partition coefficient (Wildman–Crippen LogP) is 3.07.